The Bertz CT molecular complexity index is 666. The molecule has 114 valence electrons. The Labute approximate surface area is 135 Å². The second kappa shape index (κ2) is 6.01. The largest absolute Gasteiger partial charge is 0.506 e. The van der Waals surface area contributed by atoms with Crippen LogP contribution < -0.4 is 4.90 Å². The molecule has 22 heavy (non-hydrogen) atoms. The van der Waals surface area contributed by atoms with Crippen LogP contribution in [0.3, 0.4) is 0 Å². The van der Waals surface area contributed by atoms with Crippen molar-refractivity contribution < 1.29 is 9.90 Å². The second-order valence-corrected chi connectivity index (χ2v) is 6.15. The van der Waals surface area contributed by atoms with Crippen LogP contribution in [-0.2, 0) is 10.3 Å². The summed E-state index contributed by atoms with van der Waals surface area (Å²) in [5, 5.41) is 10.7. The zero-order valence-corrected chi connectivity index (χ0v) is 13.0. The quantitative estimate of drug-likeness (QED) is 0.845. The lowest BCUT2D eigenvalue weighted by molar-refractivity contribution is -0.108. The lowest BCUT2D eigenvalue weighted by atomic mass is 9.86. The Kier molecular flexibility index (Phi) is 4.08. The molecule has 0 bridgehead atoms. The Hall–Kier alpha value is -2.00. The van der Waals surface area contributed by atoms with Crippen LogP contribution in [0.25, 0.3) is 0 Å². The number of carbonyl (C=O) groups excluding carboxylic acids is 1. The number of nitrogens with zero attached hydrogens (tertiary/aromatic N) is 1. The molecule has 4 heteroatoms. The predicted octanol–water partition coefficient (Wildman–Crippen LogP) is 4.48. The van der Waals surface area contributed by atoms with Gasteiger partial charge in [-0.3, -0.25) is 4.79 Å². The fraction of sp³-hybridized carbons (Fsp3) is 0.278. The van der Waals surface area contributed by atoms with Crippen molar-refractivity contribution in [1.82, 2.24) is 0 Å². The van der Waals surface area contributed by atoms with Crippen molar-refractivity contribution >= 4 is 23.7 Å². The maximum atomic E-state index is 11.9. The molecule has 1 aliphatic carbocycles. The number of rotatable bonds is 4. The number of carbonyl (C=O) groups is 1. The van der Waals surface area contributed by atoms with E-state index in [1.807, 2.05) is 30.3 Å². The van der Waals surface area contributed by atoms with Crippen molar-refractivity contribution in [3.63, 3.8) is 0 Å². The van der Waals surface area contributed by atoms with E-state index in [4.69, 9.17) is 11.6 Å². The van der Waals surface area contributed by atoms with E-state index in [1.165, 1.54) is 6.07 Å². The van der Waals surface area contributed by atoms with E-state index in [9.17, 15) is 9.90 Å². The van der Waals surface area contributed by atoms with Gasteiger partial charge in [0.05, 0.1) is 11.2 Å². The van der Waals surface area contributed by atoms with Gasteiger partial charge in [0.1, 0.15) is 5.75 Å². The van der Waals surface area contributed by atoms with Crippen LogP contribution in [0.15, 0.2) is 48.5 Å². The molecule has 3 nitrogen and oxygen atoms in total. The van der Waals surface area contributed by atoms with Crippen molar-refractivity contribution in [2.75, 3.05) is 4.90 Å². The van der Waals surface area contributed by atoms with Gasteiger partial charge >= 0.3 is 0 Å². The summed E-state index contributed by atoms with van der Waals surface area (Å²) in [6.07, 6.45) is 4.67. The van der Waals surface area contributed by atoms with Crippen molar-refractivity contribution in [1.29, 1.82) is 0 Å². The van der Waals surface area contributed by atoms with E-state index in [1.54, 1.807) is 17.0 Å². The van der Waals surface area contributed by atoms with Gasteiger partial charge in [-0.05, 0) is 36.6 Å². The van der Waals surface area contributed by atoms with E-state index >= 15 is 0 Å². The molecule has 0 aromatic heterocycles. The molecule has 2 aromatic rings. The first-order valence-corrected chi connectivity index (χ1v) is 7.84. The number of hydrogen-bond acceptors (Lipinski definition) is 2. The highest BCUT2D eigenvalue weighted by molar-refractivity contribution is 6.31. The fourth-order valence-corrected chi connectivity index (χ4v) is 3.62. The smallest absolute Gasteiger partial charge is 0.215 e. The van der Waals surface area contributed by atoms with Crippen LogP contribution >= 0.6 is 11.6 Å². The third kappa shape index (κ3) is 2.46. The molecule has 1 amide bonds. The molecule has 1 fully saturated rings. The molecule has 0 spiro atoms. The minimum atomic E-state index is -0.412. The van der Waals surface area contributed by atoms with Gasteiger partial charge in [0.25, 0.3) is 0 Å². The number of phenolic OH excluding ortho intramolecular Hbond substituents is 1. The van der Waals surface area contributed by atoms with Gasteiger partial charge in [-0.15, -0.1) is 0 Å². The summed E-state index contributed by atoms with van der Waals surface area (Å²) < 4.78 is 0. The van der Waals surface area contributed by atoms with Gasteiger partial charge in [0, 0.05) is 5.02 Å². The van der Waals surface area contributed by atoms with Gasteiger partial charge in [0.15, 0.2) is 0 Å². The number of anilines is 1. The molecular formula is C18H18ClNO2. The molecule has 0 aliphatic heterocycles. The Morgan fingerprint density at radius 1 is 1.09 bits per heavy atom. The van der Waals surface area contributed by atoms with Gasteiger partial charge < -0.3 is 10.0 Å². The maximum Gasteiger partial charge on any atom is 0.215 e. The van der Waals surface area contributed by atoms with Crippen LogP contribution in [0.2, 0.25) is 5.02 Å². The van der Waals surface area contributed by atoms with E-state index in [-0.39, 0.29) is 5.75 Å². The number of phenols is 1. The van der Waals surface area contributed by atoms with Crippen molar-refractivity contribution in [3.05, 3.63) is 59.1 Å². The third-order valence-corrected chi connectivity index (χ3v) is 4.74. The number of amides is 1. The van der Waals surface area contributed by atoms with E-state index in [0.29, 0.717) is 10.7 Å². The lowest BCUT2D eigenvalue weighted by Crippen LogP contribution is -2.43. The maximum absolute atomic E-state index is 11.9. The van der Waals surface area contributed by atoms with E-state index in [2.05, 4.69) is 0 Å². The summed E-state index contributed by atoms with van der Waals surface area (Å²) in [7, 11) is 0. The molecule has 0 radical (unpaired) electrons. The fourth-order valence-electron chi connectivity index (χ4n) is 3.45. The highest BCUT2D eigenvalue weighted by Crippen LogP contribution is 2.47. The summed E-state index contributed by atoms with van der Waals surface area (Å²) in [6.45, 7) is 0. The van der Waals surface area contributed by atoms with Gasteiger partial charge in [-0.1, -0.05) is 54.8 Å². The minimum absolute atomic E-state index is 0.0682. The zero-order valence-electron chi connectivity index (χ0n) is 12.2. The average molecular weight is 316 g/mol. The number of hydrogen-bond donors (Lipinski definition) is 1. The Morgan fingerprint density at radius 3 is 2.41 bits per heavy atom. The topological polar surface area (TPSA) is 40.5 Å². The summed E-state index contributed by atoms with van der Waals surface area (Å²) in [5.41, 5.74) is 1.15. The molecule has 3 rings (SSSR count). The minimum Gasteiger partial charge on any atom is -0.506 e. The molecule has 1 saturated carbocycles. The van der Waals surface area contributed by atoms with E-state index < -0.39 is 5.54 Å². The number of benzene rings is 2. The SMILES string of the molecule is O=CN(c1cc(Cl)ccc1O)C1(c2ccccc2)CCCC1. The summed E-state index contributed by atoms with van der Waals surface area (Å²) in [4.78, 5) is 13.6. The zero-order chi connectivity index (χ0) is 15.6. The first kappa shape index (κ1) is 14.9. The highest BCUT2D eigenvalue weighted by Gasteiger charge is 2.42. The van der Waals surface area contributed by atoms with Gasteiger partial charge in [-0.2, -0.15) is 0 Å². The predicted molar refractivity (Wildman–Crippen MR) is 88.2 cm³/mol. The van der Waals surface area contributed by atoms with E-state index in [0.717, 1.165) is 37.7 Å². The second-order valence-electron chi connectivity index (χ2n) is 5.71. The van der Waals surface area contributed by atoms with Crippen LogP contribution in [0.5, 0.6) is 5.75 Å². The van der Waals surface area contributed by atoms with Gasteiger partial charge in [-0.25, -0.2) is 0 Å². The highest BCUT2D eigenvalue weighted by atomic mass is 35.5. The average Bonchev–Trinajstić information content (AvgIpc) is 3.03. The van der Waals surface area contributed by atoms with Crippen molar-refractivity contribution in [2.45, 2.75) is 31.2 Å². The third-order valence-electron chi connectivity index (χ3n) is 4.51. The first-order chi connectivity index (χ1) is 10.7. The van der Waals surface area contributed by atoms with Crippen LogP contribution in [0, 0.1) is 0 Å². The Morgan fingerprint density at radius 2 is 1.77 bits per heavy atom. The van der Waals surface area contributed by atoms with Crippen molar-refractivity contribution in [3.8, 4) is 5.75 Å². The molecule has 1 aliphatic rings. The molecule has 0 saturated heterocycles. The first-order valence-electron chi connectivity index (χ1n) is 7.46. The molecule has 0 unspecified atom stereocenters. The normalized spacial score (nSPS) is 16.4. The molecule has 2 aromatic carbocycles. The molecule has 1 N–H and O–H groups in total. The monoisotopic (exact) mass is 315 g/mol. The number of aromatic hydroxyl groups is 1. The van der Waals surface area contributed by atoms with Crippen LogP contribution in [0.1, 0.15) is 31.2 Å². The summed E-state index contributed by atoms with van der Waals surface area (Å²) in [6, 6.07) is 14.8. The molecule has 0 atom stereocenters. The number of halogens is 1. The van der Waals surface area contributed by atoms with Gasteiger partial charge in [0.2, 0.25) is 6.41 Å². The van der Waals surface area contributed by atoms with Crippen molar-refractivity contribution in [2.24, 2.45) is 0 Å². The standard InChI is InChI=1S/C18H18ClNO2/c19-15-8-9-17(22)16(12-15)20(13-21)18(10-4-5-11-18)14-6-2-1-3-7-14/h1-3,6-9,12-13,22H,4-5,10-11H2. The summed E-state index contributed by atoms with van der Waals surface area (Å²) in [5.74, 6) is 0.0682. The Balaban J connectivity index is 2.14. The van der Waals surface area contributed by atoms with Crippen LogP contribution in [0.4, 0.5) is 5.69 Å². The lowest BCUT2D eigenvalue weighted by Gasteiger charge is -2.39. The molecular weight excluding hydrogens is 298 g/mol. The molecule has 0 heterocycles. The summed E-state index contributed by atoms with van der Waals surface area (Å²) >= 11 is 6.06. The van der Waals surface area contributed by atoms with Crippen LogP contribution in [-0.4, -0.2) is 11.5 Å².